The smallest absolute Gasteiger partial charge is 0.307 e. The number of thioether (sulfide) groups is 1. The topological polar surface area (TPSA) is 66.4 Å². The van der Waals surface area contributed by atoms with Gasteiger partial charge in [0, 0.05) is 12.3 Å². The molecule has 0 aliphatic heterocycles. The van der Waals surface area contributed by atoms with Crippen molar-refractivity contribution in [1.29, 1.82) is 0 Å². The van der Waals surface area contributed by atoms with Gasteiger partial charge in [-0.05, 0) is 12.8 Å². The molecule has 0 saturated heterocycles. The van der Waals surface area contributed by atoms with Crippen LogP contribution in [0.2, 0.25) is 0 Å². The number of hydrogen-bond donors (Lipinski definition) is 2. The van der Waals surface area contributed by atoms with Crippen molar-refractivity contribution in [2.75, 3.05) is 18.1 Å². The molecule has 0 spiro atoms. The lowest BCUT2D eigenvalue weighted by molar-refractivity contribution is -0.148. The van der Waals surface area contributed by atoms with Crippen LogP contribution in [0.3, 0.4) is 0 Å². The van der Waals surface area contributed by atoms with Crippen molar-refractivity contribution in [3.05, 3.63) is 0 Å². The fourth-order valence-electron chi connectivity index (χ4n) is 2.25. The lowest BCUT2D eigenvalue weighted by Gasteiger charge is -2.27. The van der Waals surface area contributed by atoms with Crippen molar-refractivity contribution in [3.63, 3.8) is 0 Å². The van der Waals surface area contributed by atoms with Gasteiger partial charge in [-0.2, -0.15) is 0 Å². The van der Waals surface area contributed by atoms with Crippen molar-refractivity contribution in [1.82, 2.24) is 5.32 Å². The number of carboxylic acid groups (broad SMARTS) is 1. The highest BCUT2D eigenvalue weighted by molar-refractivity contribution is 7.99. The first-order valence-electron chi connectivity index (χ1n) is 6.18. The maximum Gasteiger partial charge on any atom is 0.307 e. The fraction of sp³-hybridized carbons (Fsp3) is 0.692. The highest BCUT2D eigenvalue weighted by Gasteiger charge is 2.35. The minimum Gasteiger partial charge on any atom is -0.481 e. The number of carbonyl (C=O) groups excluding carboxylic acids is 1. The number of carbonyl (C=O) groups is 2. The van der Waals surface area contributed by atoms with E-state index >= 15 is 0 Å². The first-order valence-corrected chi connectivity index (χ1v) is 7.34. The fourth-order valence-corrected chi connectivity index (χ4v) is 2.76. The monoisotopic (exact) mass is 269 g/mol. The first-order chi connectivity index (χ1) is 8.66. The van der Waals surface area contributed by atoms with Gasteiger partial charge in [0.2, 0.25) is 5.91 Å². The van der Waals surface area contributed by atoms with Crippen molar-refractivity contribution in [3.8, 4) is 12.3 Å². The van der Waals surface area contributed by atoms with Crippen molar-refractivity contribution < 1.29 is 14.7 Å². The summed E-state index contributed by atoms with van der Waals surface area (Å²) in [6.07, 6.45) is 8.25. The molecular weight excluding hydrogens is 250 g/mol. The van der Waals surface area contributed by atoms with Crippen molar-refractivity contribution in [2.24, 2.45) is 11.8 Å². The summed E-state index contributed by atoms with van der Waals surface area (Å²) in [5.74, 6) is 2.06. The SMILES string of the molecule is C#CCSCCNC(=O)[C@@H]1CCCC[C@@H]1C(=O)O. The Balaban J connectivity index is 2.34. The maximum atomic E-state index is 11.9. The van der Waals surface area contributed by atoms with E-state index in [1.54, 1.807) is 11.8 Å². The van der Waals surface area contributed by atoms with Gasteiger partial charge >= 0.3 is 5.97 Å². The highest BCUT2D eigenvalue weighted by atomic mass is 32.2. The van der Waals surface area contributed by atoms with E-state index in [0.717, 1.165) is 18.6 Å². The Kier molecular flexibility index (Phi) is 6.66. The van der Waals surface area contributed by atoms with Crippen LogP contribution in [0.15, 0.2) is 0 Å². The number of aliphatic carboxylic acids is 1. The number of carboxylic acids is 1. The van der Waals surface area contributed by atoms with Crippen LogP contribution < -0.4 is 5.32 Å². The molecule has 2 N–H and O–H groups in total. The van der Waals surface area contributed by atoms with E-state index in [2.05, 4.69) is 11.2 Å². The van der Waals surface area contributed by atoms with E-state index in [-0.39, 0.29) is 11.8 Å². The van der Waals surface area contributed by atoms with Crippen molar-refractivity contribution in [2.45, 2.75) is 25.7 Å². The summed E-state index contributed by atoms with van der Waals surface area (Å²) in [6.45, 7) is 0.550. The second kappa shape index (κ2) is 8.04. The number of hydrogen-bond acceptors (Lipinski definition) is 3. The third-order valence-corrected chi connectivity index (χ3v) is 4.01. The van der Waals surface area contributed by atoms with Crippen LogP contribution in [0, 0.1) is 24.2 Å². The predicted octanol–water partition coefficient (Wildman–Crippen LogP) is 1.36. The first kappa shape index (κ1) is 14.9. The summed E-state index contributed by atoms with van der Waals surface area (Å²) in [5, 5.41) is 11.9. The predicted molar refractivity (Wildman–Crippen MR) is 72.3 cm³/mol. The maximum absolute atomic E-state index is 11.9. The molecule has 0 heterocycles. The Morgan fingerprint density at radius 1 is 1.33 bits per heavy atom. The molecule has 1 rings (SSSR count). The molecule has 0 aromatic rings. The van der Waals surface area contributed by atoms with Gasteiger partial charge in [0.15, 0.2) is 0 Å². The molecule has 0 aromatic heterocycles. The molecule has 4 nitrogen and oxygen atoms in total. The number of nitrogens with one attached hydrogen (secondary N) is 1. The lowest BCUT2D eigenvalue weighted by Crippen LogP contribution is -2.40. The van der Waals surface area contributed by atoms with E-state index < -0.39 is 11.9 Å². The normalized spacial score (nSPS) is 23.1. The Labute approximate surface area is 112 Å². The summed E-state index contributed by atoms with van der Waals surface area (Å²) < 4.78 is 0. The second-order valence-electron chi connectivity index (χ2n) is 4.38. The summed E-state index contributed by atoms with van der Waals surface area (Å²) in [4.78, 5) is 23.0. The summed E-state index contributed by atoms with van der Waals surface area (Å²) in [6, 6.07) is 0. The van der Waals surface area contributed by atoms with Gasteiger partial charge in [0.1, 0.15) is 0 Å². The molecule has 2 atom stereocenters. The third-order valence-electron chi connectivity index (χ3n) is 3.15. The molecular formula is C13H19NO3S. The van der Waals surface area contributed by atoms with Crippen LogP contribution in [-0.2, 0) is 9.59 Å². The molecule has 0 unspecified atom stereocenters. The molecule has 0 bridgehead atoms. The van der Waals surface area contributed by atoms with E-state index in [1.165, 1.54) is 0 Å². The molecule has 1 amide bonds. The molecule has 1 fully saturated rings. The van der Waals surface area contributed by atoms with Crippen LogP contribution in [0.4, 0.5) is 0 Å². The van der Waals surface area contributed by atoms with Gasteiger partial charge in [-0.25, -0.2) is 0 Å². The number of terminal acetylenes is 1. The molecule has 5 heteroatoms. The van der Waals surface area contributed by atoms with Crippen molar-refractivity contribution >= 4 is 23.6 Å². The standard InChI is InChI=1S/C13H19NO3S/c1-2-8-18-9-7-14-12(15)10-5-3-4-6-11(10)13(16)17/h1,10-11H,3-9H2,(H,14,15)(H,16,17)/t10-,11+/m1/s1. The van der Waals surface area contributed by atoms with E-state index in [0.29, 0.717) is 25.1 Å². The zero-order valence-corrected chi connectivity index (χ0v) is 11.2. The molecule has 100 valence electrons. The van der Waals surface area contributed by atoms with Crippen LogP contribution in [-0.4, -0.2) is 35.0 Å². The molecule has 1 saturated carbocycles. The molecule has 1 aliphatic rings. The lowest BCUT2D eigenvalue weighted by atomic mass is 9.79. The van der Waals surface area contributed by atoms with Gasteiger partial charge in [0.05, 0.1) is 17.6 Å². The quantitative estimate of drug-likeness (QED) is 0.564. The molecule has 0 aromatic carbocycles. The van der Waals surface area contributed by atoms with E-state index in [1.807, 2.05) is 0 Å². The summed E-state index contributed by atoms with van der Waals surface area (Å²) in [5.41, 5.74) is 0. The Bertz CT molecular complexity index is 338. The highest BCUT2D eigenvalue weighted by Crippen LogP contribution is 2.30. The van der Waals surface area contributed by atoms with E-state index in [4.69, 9.17) is 11.5 Å². The summed E-state index contributed by atoms with van der Waals surface area (Å²) in [7, 11) is 0. The van der Waals surface area contributed by atoms with Crippen LogP contribution in [0.25, 0.3) is 0 Å². The number of amides is 1. The second-order valence-corrected chi connectivity index (χ2v) is 5.49. The summed E-state index contributed by atoms with van der Waals surface area (Å²) >= 11 is 1.58. The van der Waals surface area contributed by atoms with Gasteiger partial charge in [-0.3, -0.25) is 9.59 Å². The number of rotatable bonds is 6. The van der Waals surface area contributed by atoms with Crippen LogP contribution in [0.5, 0.6) is 0 Å². The van der Waals surface area contributed by atoms with E-state index in [9.17, 15) is 9.59 Å². The minimum absolute atomic E-state index is 0.122. The Morgan fingerprint density at radius 2 is 2.00 bits per heavy atom. The zero-order valence-electron chi connectivity index (χ0n) is 10.4. The largest absolute Gasteiger partial charge is 0.481 e. The van der Waals surface area contributed by atoms with Gasteiger partial charge in [-0.15, -0.1) is 18.2 Å². The van der Waals surface area contributed by atoms with Gasteiger partial charge in [0.25, 0.3) is 0 Å². The molecule has 1 aliphatic carbocycles. The minimum atomic E-state index is -0.850. The Morgan fingerprint density at radius 3 is 2.61 bits per heavy atom. The van der Waals surface area contributed by atoms with Crippen LogP contribution in [0.1, 0.15) is 25.7 Å². The zero-order chi connectivity index (χ0) is 13.4. The average Bonchev–Trinajstić information content (AvgIpc) is 2.38. The van der Waals surface area contributed by atoms with Gasteiger partial charge in [-0.1, -0.05) is 18.8 Å². The third kappa shape index (κ3) is 4.61. The molecule has 18 heavy (non-hydrogen) atoms. The van der Waals surface area contributed by atoms with Crippen LogP contribution >= 0.6 is 11.8 Å². The molecule has 0 radical (unpaired) electrons. The average molecular weight is 269 g/mol. The Hall–Kier alpha value is -1.15. The van der Waals surface area contributed by atoms with Gasteiger partial charge < -0.3 is 10.4 Å².